The van der Waals surface area contributed by atoms with E-state index in [0.29, 0.717) is 29.7 Å². The minimum Gasteiger partial charge on any atom is -0.387 e. The maximum Gasteiger partial charge on any atom is 0.389 e. The normalized spacial score (nSPS) is 24.8. The van der Waals surface area contributed by atoms with Gasteiger partial charge in [-0.3, -0.25) is 9.59 Å². The van der Waals surface area contributed by atoms with E-state index in [4.69, 9.17) is 0 Å². The molecule has 3 fully saturated rings. The fourth-order valence-electron chi connectivity index (χ4n) is 6.52. The van der Waals surface area contributed by atoms with Crippen LogP contribution in [0.15, 0.2) is 23.3 Å². The van der Waals surface area contributed by atoms with Crippen molar-refractivity contribution in [2.24, 2.45) is 11.3 Å². The average Bonchev–Trinajstić information content (AvgIpc) is 3.36. The maximum absolute atomic E-state index is 13.4. The molecule has 38 heavy (non-hydrogen) atoms. The molecular formula is C26H35F3N6O3. The Kier molecular flexibility index (Phi) is 7.14. The third kappa shape index (κ3) is 5.12. The number of alkyl halides is 3. The van der Waals surface area contributed by atoms with Gasteiger partial charge in [-0.25, -0.2) is 9.97 Å². The Balaban J connectivity index is 1.37. The van der Waals surface area contributed by atoms with Crippen LogP contribution in [0.4, 0.5) is 19.1 Å². The topological polar surface area (TPSA) is 104 Å². The van der Waals surface area contributed by atoms with Crippen LogP contribution in [-0.4, -0.2) is 81.5 Å². The second-order valence-electron chi connectivity index (χ2n) is 11.2. The van der Waals surface area contributed by atoms with Crippen molar-refractivity contribution >= 4 is 22.8 Å². The zero-order valence-corrected chi connectivity index (χ0v) is 21.6. The summed E-state index contributed by atoms with van der Waals surface area (Å²) in [5, 5.41) is 15.6. The number of nitrogens with one attached hydrogen (secondary N) is 1. The minimum atomic E-state index is -4.41. The molecule has 2 aromatic rings. The summed E-state index contributed by atoms with van der Waals surface area (Å²) in [7, 11) is 0. The standard InChI is InChI=1S/C26H35F3N6O3/c1-18(14-26(27,28)29)21(36)35-11-7-25(38,24(16-35)5-2-3-6-24)17-34-10-4-20-19(22(34)37)15-31-23(32-20)33-12-8-30-9-13-33/h4,10,15,18,30,38H,2-3,5-9,11-14,16-17H2,1H3. The first kappa shape index (κ1) is 26.9. The number of rotatable bonds is 5. The van der Waals surface area contributed by atoms with Gasteiger partial charge in [-0.05, 0) is 25.3 Å². The fraction of sp³-hybridized carbons (Fsp3) is 0.692. The molecule has 1 spiro atoms. The predicted octanol–water partition coefficient (Wildman–Crippen LogP) is 2.31. The molecule has 2 aliphatic heterocycles. The third-order valence-electron chi connectivity index (χ3n) is 8.65. The molecule has 4 heterocycles. The number of carbonyl (C=O) groups excluding carboxylic acids is 1. The van der Waals surface area contributed by atoms with Crippen molar-refractivity contribution < 1.29 is 23.1 Å². The zero-order valence-electron chi connectivity index (χ0n) is 21.6. The minimum absolute atomic E-state index is 0.0431. The summed E-state index contributed by atoms with van der Waals surface area (Å²) >= 11 is 0. The van der Waals surface area contributed by atoms with Crippen molar-refractivity contribution in [2.45, 2.75) is 63.8 Å². The van der Waals surface area contributed by atoms with Gasteiger partial charge in [-0.2, -0.15) is 13.2 Å². The Bertz CT molecular complexity index is 1240. The predicted molar refractivity (Wildman–Crippen MR) is 136 cm³/mol. The number of pyridine rings is 1. The summed E-state index contributed by atoms with van der Waals surface area (Å²) < 4.78 is 40.2. The van der Waals surface area contributed by atoms with Gasteiger partial charge in [0.1, 0.15) is 0 Å². The number of fused-ring (bicyclic) bond motifs is 1. The Hall–Kier alpha value is -2.73. The molecule has 2 N–H and O–H groups in total. The van der Waals surface area contributed by atoms with Crippen molar-refractivity contribution in [3.63, 3.8) is 0 Å². The lowest BCUT2D eigenvalue weighted by Crippen LogP contribution is -2.62. The molecule has 1 saturated carbocycles. The second kappa shape index (κ2) is 10.1. The number of piperazine rings is 1. The van der Waals surface area contributed by atoms with Crippen LogP contribution in [-0.2, 0) is 11.3 Å². The van der Waals surface area contributed by atoms with Gasteiger partial charge in [0.05, 0.1) is 29.5 Å². The molecule has 2 aromatic heterocycles. The number of likely N-dealkylation sites (tertiary alicyclic amines) is 1. The summed E-state index contributed by atoms with van der Waals surface area (Å²) in [5.74, 6) is -1.12. The van der Waals surface area contributed by atoms with E-state index in [0.717, 1.165) is 39.0 Å². The van der Waals surface area contributed by atoms with Crippen LogP contribution < -0.4 is 15.8 Å². The first-order chi connectivity index (χ1) is 18.0. The van der Waals surface area contributed by atoms with Crippen molar-refractivity contribution in [3.05, 3.63) is 28.8 Å². The number of hydrogen-bond acceptors (Lipinski definition) is 7. The highest BCUT2D eigenvalue weighted by Gasteiger charge is 2.56. The number of amides is 1. The highest BCUT2D eigenvalue weighted by Crippen LogP contribution is 2.51. The number of carbonyl (C=O) groups is 1. The van der Waals surface area contributed by atoms with Gasteiger partial charge in [0.25, 0.3) is 5.56 Å². The number of aromatic nitrogens is 3. The summed E-state index contributed by atoms with van der Waals surface area (Å²) in [6.07, 6.45) is 0.824. The average molecular weight is 537 g/mol. The van der Waals surface area contributed by atoms with Gasteiger partial charge >= 0.3 is 6.18 Å². The molecule has 1 amide bonds. The molecule has 2 unspecified atom stereocenters. The van der Waals surface area contributed by atoms with Gasteiger partial charge in [0.2, 0.25) is 11.9 Å². The zero-order chi connectivity index (χ0) is 27.1. The van der Waals surface area contributed by atoms with Gasteiger partial charge in [-0.15, -0.1) is 0 Å². The molecule has 5 rings (SSSR count). The highest BCUT2D eigenvalue weighted by molar-refractivity contribution is 5.79. The lowest BCUT2D eigenvalue weighted by Gasteiger charge is -2.52. The van der Waals surface area contributed by atoms with Crippen molar-refractivity contribution in [3.8, 4) is 0 Å². The van der Waals surface area contributed by atoms with Crippen LogP contribution in [0.1, 0.15) is 45.4 Å². The number of hydrogen-bond donors (Lipinski definition) is 2. The van der Waals surface area contributed by atoms with Gasteiger partial charge in [0.15, 0.2) is 0 Å². The fourth-order valence-corrected chi connectivity index (χ4v) is 6.52. The molecule has 9 nitrogen and oxygen atoms in total. The van der Waals surface area contributed by atoms with E-state index in [1.54, 1.807) is 12.3 Å². The number of anilines is 1. The molecule has 2 saturated heterocycles. The molecular weight excluding hydrogens is 501 g/mol. The Labute approximate surface area is 219 Å². The Morgan fingerprint density at radius 2 is 1.89 bits per heavy atom. The summed E-state index contributed by atoms with van der Waals surface area (Å²) in [6.45, 7) is 4.95. The smallest absolute Gasteiger partial charge is 0.387 e. The SMILES string of the molecule is CC(CC(F)(F)F)C(=O)N1CCC(O)(Cn2ccc3nc(N4CCNCC4)ncc3c2=O)C2(CCCC2)C1. The number of halogens is 3. The van der Waals surface area contributed by atoms with Gasteiger partial charge in [-0.1, -0.05) is 19.8 Å². The van der Waals surface area contributed by atoms with Crippen molar-refractivity contribution in [1.29, 1.82) is 0 Å². The van der Waals surface area contributed by atoms with Crippen LogP contribution in [0, 0.1) is 11.3 Å². The largest absolute Gasteiger partial charge is 0.389 e. The monoisotopic (exact) mass is 536 g/mol. The van der Waals surface area contributed by atoms with Crippen LogP contribution in [0.5, 0.6) is 0 Å². The lowest BCUT2D eigenvalue weighted by molar-refractivity contribution is -0.172. The molecule has 0 bridgehead atoms. The first-order valence-electron chi connectivity index (χ1n) is 13.4. The Morgan fingerprint density at radius 3 is 2.58 bits per heavy atom. The van der Waals surface area contributed by atoms with E-state index in [-0.39, 0.29) is 31.6 Å². The van der Waals surface area contributed by atoms with E-state index in [2.05, 4.69) is 20.2 Å². The maximum atomic E-state index is 13.4. The van der Waals surface area contributed by atoms with Crippen LogP contribution in [0.3, 0.4) is 0 Å². The third-order valence-corrected chi connectivity index (χ3v) is 8.65. The molecule has 0 aromatic carbocycles. The molecule has 12 heteroatoms. The number of nitrogens with zero attached hydrogens (tertiary/aromatic N) is 5. The molecule has 208 valence electrons. The lowest BCUT2D eigenvalue weighted by atomic mass is 9.65. The quantitative estimate of drug-likeness (QED) is 0.605. The summed E-state index contributed by atoms with van der Waals surface area (Å²) in [5.41, 5.74) is -1.70. The first-order valence-corrected chi connectivity index (χ1v) is 13.4. The molecule has 0 radical (unpaired) electrons. The van der Waals surface area contributed by atoms with Gasteiger partial charge < -0.3 is 24.8 Å². The number of aliphatic hydroxyl groups is 1. The van der Waals surface area contributed by atoms with Crippen molar-refractivity contribution in [1.82, 2.24) is 24.8 Å². The molecule has 3 aliphatic rings. The molecule has 2 atom stereocenters. The van der Waals surface area contributed by atoms with E-state index < -0.39 is 35.4 Å². The summed E-state index contributed by atoms with van der Waals surface area (Å²) in [4.78, 5) is 38.9. The Morgan fingerprint density at radius 1 is 1.18 bits per heavy atom. The van der Waals surface area contributed by atoms with Crippen LogP contribution >= 0.6 is 0 Å². The van der Waals surface area contributed by atoms with E-state index in [9.17, 15) is 27.9 Å². The molecule has 1 aliphatic carbocycles. The highest BCUT2D eigenvalue weighted by atomic mass is 19.4. The van der Waals surface area contributed by atoms with E-state index >= 15 is 0 Å². The van der Waals surface area contributed by atoms with Crippen LogP contribution in [0.25, 0.3) is 10.9 Å². The van der Waals surface area contributed by atoms with E-state index in [1.165, 1.54) is 22.6 Å². The van der Waals surface area contributed by atoms with Crippen LogP contribution in [0.2, 0.25) is 0 Å². The number of piperidine rings is 1. The summed E-state index contributed by atoms with van der Waals surface area (Å²) in [6, 6.07) is 1.76. The second-order valence-corrected chi connectivity index (χ2v) is 11.2. The van der Waals surface area contributed by atoms with E-state index in [1.807, 2.05) is 0 Å². The van der Waals surface area contributed by atoms with Crippen molar-refractivity contribution in [2.75, 3.05) is 44.2 Å². The van der Waals surface area contributed by atoms with Gasteiger partial charge in [0, 0.05) is 63.0 Å².